The maximum Gasteiger partial charge on any atom is 0.238 e. The standard InChI is InChI=1S/C9H10BrClN2O2/c1-15-9-6(10)2-5(11)3-7(9)13-8(14)4-12/h2-3H,4,12H2,1H3,(H,13,14). The molecule has 15 heavy (non-hydrogen) atoms. The molecule has 0 saturated heterocycles. The van der Waals surface area contributed by atoms with E-state index in [2.05, 4.69) is 21.2 Å². The number of carbonyl (C=O) groups excluding carboxylic acids is 1. The molecule has 0 aliphatic rings. The number of amides is 1. The van der Waals surface area contributed by atoms with Crippen LogP contribution in [0.15, 0.2) is 16.6 Å². The summed E-state index contributed by atoms with van der Waals surface area (Å²) in [5, 5.41) is 3.08. The molecule has 0 aromatic heterocycles. The average molecular weight is 294 g/mol. The number of halogens is 2. The van der Waals surface area contributed by atoms with E-state index in [0.717, 1.165) is 0 Å². The minimum absolute atomic E-state index is 0.0900. The first kappa shape index (κ1) is 12.3. The number of nitrogens with one attached hydrogen (secondary N) is 1. The van der Waals surface area contributed by atoms with Crippen LogP contribution in [0.4, 0.5) is 5.69 Å². The van der Waals surface area contributed by atoms with E-state index in [9.17, 15) is 4.79 Å². The van der Waals surface area contributed by atoms with Crippen molar-refractivity contribution in [3.8, 4) is 5.75 Å². The molecule has 1 aromatic rings. The van der Waals surface area contributed by atoms with Crippen LogP contribution in [-0.4, -0.2) is 19.6 Å². The monoisotopic (exact) mass is 292 g/mol. The van der Waals surface area contributed by atoms with Crippen LogP contribution in [0, 0.1) is 0 Å². The van der Waals surface area contributed by atoms with Gasteiger partial charge in [0.1, 0.15) is 0 Å². The first-order chi connectivity index (χ1) is 7.08. The second-order valence-corrected chi connectivity index (χ2v) is 4.01. The van der Waals surface area contributed by atoms with Gasteiger partial charge < -0.3 is 15.8 Å². The lowest BCUT2D eigenvalue weighted by atomic mass is 10.3. The lowest BCUT2D eigenvalue weighted by molar-refractivity contribution is -0.114. The zero-order valence-corrected chi connectivity index (χ0v) is 10.4. The van der Waals surface area contributed by atoms with E-state index in [0.29, 0.717) is 20.9 Å². The summed E-state index contributed by atoms with van der Waals surface area (Å²) in [5.74, 6) is 0.212. The molecule has 6 heteroatoms. The smallest absolute Gasteiger partial charge is 0.238 e. The molecular weight excluding hydrogens is 283 g/mol. The first-order valence-electron chi connectivity index (χ1n) is 4.11. The predicted octanol–water partition coefficient (Wildman–Crippen LogP) is 2.01. The number of carbonyl (C=O) groups is 1. The van der Waals surface area contributed by atoms with Crippen molar-refractivity contribution in [2.24, 2.45) is 5.73 Å². The molecule has 82 valence electrons. The Kier molecular flexibility index (Phi) is 4.38. The molecule has 0 spiro atoms. The molecule has 0 unspecified atom stereocenters. The van der Waals surface area contributed by atoms with Gasteiger partial charge in [0.25, 0.3) is 0 Å². The minimum Gasteiger partial charge on any atom is -0.493 e. The highest BCUT2D eigenvalue weighted by molar-refractivity contribution is 9.10. The molecule has 0 bridgehead atoms. The van der Waals surface area contributed by atoms with Gasteiger partial charge in [-0.1, -0.05) is 11.6 Å². The highest BCUT2D eigenvalue weighted by Crippen LogP contribution is 2.36. The van der Waals surface area contributed by atoms with Crippen molar-refractivity contribution in [2.75, 3.05) is 19.0 Å². The van der Waals surface area contributed by atoms with Gasteiger partial charge in [0.05, 0.1) is 23.8 Å². The second-order valence-electron chi connectivity index (χ2n) is 2.72. The van der Waals surface area contributed by atoms with Crippen LogP contribution < -0.4 is 15.8 Å². The van der Waals surface area contributed by atoms with Crippen molar-refractivity contribution in [3.63, 3.8) is 0 Å². The van der Waals surface area contributed by atoms with Crippen molar-refractivity contribution < 1.29 is 9.53 Å². The summed E-state index contributed by atoms with van der Waals surface area (Å²) in [6.07, 6.45) is 0. The Morgan fingerprint density at radius 1 is 1.67 bits per heavy atom. The number of anilines is 1. The van der Waals surface area contributed by atoms with Crippen LogP contribution in [0.25, 0.3) is 0 Å². The van der Waals surface area contributed by atoms with Crippen LogP contribution in [0.1, 0.15) is 0 Å². The Balaban J connectivity index is 3.09. The maximum atomic E-state index is 11.1. The number of benzene rings is 1. The summed E-state index contributed by atoms with van der Waals surface area (Å²) in [5.41, 5.74) is 5.68. The molecule has 1 aromatic carbocycles. The van der Waals surface area contributed by atoms with Gasteiger partial charge in [0.15, 0.2) is 5.75 Å². The van der Waals surface area contributed by atoms with Crippen molar-refractivity contribution in [3.05, 3.63) is 21.6 Å². The Bertz CT molecular complexity index is 385. The number of nitrogens with two attached hydrogens (primary N) is 1. The Morgan fingerprint density at radius 3 is 2.87 bits per heavy atom. The fourth-order valence-electron chi connectivity index (χ4n) is 1.06. The van der Waals surface area contributed by atoms with Gasteiger partial charge in [-0.2, -0.15) is 0 Å². The van der Waals surface area contributed by atoms with Crippen LogP contribution in [-0.2, 0) is 4.79 Å². The van der Waals surface area contributed by atoms with E-state index < -0.39 is 0 Å². The molecular formula is C9H10BrClN2O2. The molecule has 0 atom stereocenters. The molecule has 3 N–H and O–H groups in total. The zero-order chi connectivity index (χ0) is 11.4. The normalized spacial score (nSPS) is 9.87. The molecule has 0 radical (unpaired) electrons. The van der Waals surface area contributed by atoms with Crippen LogP contribution >= 0.6 is 27.5 Å². The summed E-state index contributed by atoms with van der Waals surface area (Å²) >= 11 is 9.12. The summed E-state index contributed by atoms with van der Waals surface area (Å²) in [6, 6.07) is 3.27. The van der Waals surface area contributed by atoms with Crippen molar-refractivity contribution in [2.45, 2.75) is 0 Å². The lowest BCUT2D eigenvalue weighted by Crippen LogP contribution is -2.22. The van der Waals surface area contributed by atoms with Gasteiger partial charge in [0.2, 0.25) is 5.91 Å². The molecule has 1 rings (SSSR count). The topological polar surface area (TPSA) is 64.3 Å². The molecule has 0 aliphatic heterocycles. The van der Waals surface area contributed by atoms with E-state index in [-0.39, 0.29) is 12.5 Å². The zero-order valence-electron chi connectivity index (χ0n) is 8.01. The maximum absolute atomic E-state index is 11.1. The quantitative estimate of drug-likeness (QED) is 0.896. The average Bonchev–Trinajstić information content (AvgIpc) is 2.17. The molecule has 0 saturated carbocycles. The molecule has 0 fully saturated rings. The number of hydrogen-bond donors (Lipinski definition) is 2. The minimum atomic E-state index is -0.303. The van der Waals surface area contributed by atoms with Gasteiger partial charge in [-0.3, -0.25) is 4.79 Å². The van der Waals surface area contributed by atoms with Crippen molar-refractivity contribution >= 4 is 39.1 Å². The van der Waals surface area contributed by atoms with Gasteiger partial charge in [-0.15, -0.1) is 0 Å². The first-order valence-corrected chi connectivity index (χ1v) is 5.28. The second kappa shape index (κ2) is 5.34. The van der Waals surface area contributed by atoms with E-state index in [1.54, 1.807) is 12.1 Å². The predicted molar refractivity (Wildman–Crippen MR) is 63.4 cm³/mol. The summed E-state index contributed by atoms with van der Waals surface area (Å²) in [6.45, 7) is -0.0900. The van der Waals surface area contributed by atoms with Crippen molar-refractivity contribution in [1.82, 2.24) is 0 Å². The number of rotatable bonds is 3. The molecule has 0 heterocycles. The Hall–Kier alpha value is -0.780. The largest absolute Gasteiger partial charge is 0.493 e. The summed E-state index contributed by atoms with van der Waals surface area (Å²) in [7, 11) is 1.51. The Labute approximate surface area is 101 Å². The third-order valence-corrected chi connectivity index (χ3v) is 2.48. The van der Waals surface area contributed by atoms with Crippen LogP contribution in [0.5, 0.6) is 5.75 Å². The molecule has 1 amide bonds. The van der Waals surface area contributed by atoms with Gasteiger partial charge in [-0.25, -0.2) is 0 Å². The third kappa shape index (κ3) is 3.09. The van der Waals surface area contributed by atoms with E-state index in [4.69, 9.17) is 22.1 Å². The fraction of sp³-hybridized carbons (Fsp3) is 0.222. The van der Waals surface area contributed by atoms with Gasteiger partial charge in [0, 0.05) is 5.02 Å². The van der Waals surface area contributed by atoms with Gasteiger partial charge >= 0.3 is 0 Å². The van der Waals surface area contributed by atoms with Gasteiger partial charge in [-0.05, 0) is 28.1 Å². The Morgan fingerprint density at radius 2 is 2.33 bits per heavy atom. The van der Waals surface area contributed by atoms with E-state index in [1.165, 1.54) is 7.11 Å². The highest BCUT2D eigenvalue weighted by atomic mass is 79.9. The third-order valence-electron chi connectivity index (χ3n) is 1.67. The fourth-order valence-corrected chi connectivity index (χ4v) is 2.03. The molecule has 4 nitrogen and oxygen atoms in total. The number of methoxy groups -OCH3 is 1. The lowest BCUT2D eigenvalue weighted by Gasteiger charge is -2.11. The summed E-state index contributed by atoms with van der Waals surface area (Å²) in [4.78, 5) is 11.1. The van der Waals surface area contributed by atoms with E-state index >= 15 is 0 Å². The number of ether oxygens (including phenoxy) is 1. The molecule has 0 aliphatic carbocycles. The van der Waals surface area contributed by atoms with Crippen LogP contribution in [0.3, 0.4) is 0 Å². The highest BCUT2D eigenvalue weighted by Gasteiger charge is 2.11. The van der Waals surface area contributed by atoms with Crippen molar-refractivity contribution in [1.29, 1.82) is 0 Å². The van der Waals surface area contributed by atoms with Crippen LogP contribution in [0.2, 0.25) is 5.02 Å². The van der Waals surface area contributed by atoms with E-state index in [1.807, 2.05) is 0 Å². The number of hydrogen-bond acceptors (Lipinski definition) is 3. The SMILES string of the molecule is COc1c(Br)cc(Cl)cc1NC(=O)CN. The summed E-state index contributed by atoms with van der Waals surface area (Å²) < 4.78 is 5.79.